The minimum Gasteiger partial charge on any atom is -0.478 e. The summed E-state index contributed by atoms with van der Waals surface area (Å²) in [5, 5.41) is 11.7. The third-order valence-electron chi connectivity index (χ3n) is 2.05. The maximum atomic E-state index is 11.5. The number of hydrogen-bond acceptors (Lipinski definition) is 2. The summed E-state index contributed by atoms with van der Waals surface area (Å²) in [4.78, 5) is 22.5. The third kappa shape index (κ3) is 3.66. The van der Waals surface area contributed by atoms with Crippen LogP contribution in [0.2, 0.25) is 10.0 Å². The molecule has 0 aromatic heterocycles. The number of halogens is 2. The van der Waals surface area contributed by atoms with Gasteiger partial charge >= 0.3 is 5.97 Å². The minimum atomic E-state index is -1.23. The van der Waals surface area contributed by atoms with Gasteiger partial charge in [0.25, 0.3) is 0 Å². The number of carboxylic acids is 1. The van der Waals surface area contributed by atoms with Crippen molar-refractivity contribution >= 4 is 40.8 Å². The first-order chi connectivity index (χ1) is 8.45. The van der Waals surface area contributed by atoms with Gasteiger partial charge in [0.15, 0.2) is 0 Å². The molecule has 4 nitrogen and oxygen atoms in total. The normalized spacial score (nSPS) is 9.61. The smallest absolute Gasteiger partial charge is 0.337 e. The maximum Gasteiger partial charge on any atom is 0.337 e. The summed E-state index contributed by atoms with van der Waals surface area (Å²) < 4.78 is 0. The Kier molecular flexibility index (Phi) is 5.02. The fourth-order valence-electron chi connectivity index (χ4n) is 1.26. The number of carbonyl (C=O) groups is 2. The summed E-state index contributed by atoms with van der Waals surface area (Å²) in [6.45, 7) is 0. The molecule has 0 unspecified atom stereocenters. The number of rotatable bonds is 4. The minimum absolute atomic E-state index is 0.0237. The van der Waals surface area contributed by atoms with Crippen molar-refractivity contribution in [3.05, 3.63) is 27.7 Å². The second-order valence-corrected chi connectivity index (χ2v) is 4.21. The van der Waals surface area contributed by atoms with Crippen LogP contribution in [-0.2, 0) is 4.79 Å². The molecule has 1 rings (SSSR count). The number of anilines is 1. The van der Waals surface area contributed by atoms with Gasteiger partial charge in [0.1, 0.15) is 0 Å². The first-order valence-corrected chi connectivity index (χ1v) is 5.67. The van der Waals surface area contributed by atoms with Crippen molar-refractivity contribution < 1.29 is 14.7 Å². The van der Waals surface area contributed by atoms with Gasteiger partial charge in [0.05, 0.1) is 16.3 Å². The van der Waals surface area contributed by atoms with Gasteiger partial charge in [-0.2, -0.15) is 0 Å². The highest BCUT2D eigenvalue weighted by Gasteiger charge is 2.16. The van der Waals surface area contributed by atoms with E-state index in [-0.39, 0.29) is 34.1 Å². The van der Waals surface area contributed by atoms with Gasteiger partial charge in [-0.1, -0.05) is 23.2 Å². The van der Waals surface area contributed by atoms with Crippen LogP contribution in [0.3, 0.4) is 0 Å². The molecule has 0 bridgehead atoms. The summed E-state index contributed by atoms with van der Waals surface area (Å²) in [6, 6.07) is 2.57. The van der Waals surface area contributed by atoms with Crippen molar-refractivity contribution in [1.82, 2.24) is 0 Å². The Labute approximate surface area is 114 Å². The summed E-state index contributed by atoms with van der Waals surface area (Å²) in [7, 11) is 0. The summed E-state index contributed by atoms with van der Waals surface area (Å²) in [5.74, 6) is 0.681. The quantitative estimate of drug-likeness (QED) is 0.836. The number of hydrogen-bond donors (Lipinski definition) is 2. The zero-order valence-corrected chi connectivity index (χ0v) is 10.7. The Morgan fingerprint density at radius 3 is 2.61 bits per heavy atom. The van der Waals surface area contributed by atoms with Crippen LogP contribution in [0.5, 0.6) is 0 Å². The Bertz CT molecular complexity index is 535. The predicted molar refractivity (Wildman–Crippen MR) is 70.1 cm³/mol. The Morgan fingerprint density at radius 2 is 2.06 bits per heavy atom. The Morgan fingerprint density at radius 1 is 1.39 bits per heavy atom. The molecule has 2 N–H and O–H groups in total. The van der Waals surface area contributed by atoms with E-state index in [0.29, 0.717) is 0 Å². The molecule has 94 valence electrons. The van der Waals surface area contributed by atoms with E-state index in [1.807, 2.05) is 0 Å². The molecule has 1 aromatic rings. The van der Waals surface area contributed by atoms with E-state index in [4.69, 9.17) is 34.7 Å². The van der Waals surface area contributed by atoms with E-state index in [1.54, 1.807) is 0 Å². The molecule has 18 heavy (non-hydrogen) atoms. The lowest BCUT2D eigenvalue weighted by Crippen LogP contribution is -2.14. The standard InChI is InChI=1S/C12H9Cl2NO3/c1-2-3-4-10(16)15-11-8(12(17)18)5-7(13)6-9(11)14/h1,5-6H,3-4H2,(H,15,16)(H,17,18). The molecule has 0 saturated carbocycles. The predicted octanol–water partition coefficient (Wildman–Crippen LogP) is 3.04. The zero-order chi connectivity index (χ0) is 13.7. The van der Waals surface area contributed by atoms with Gasteiger partial charge in [0, 0.05) is 17.9 Å². The molecular weight excluding hydrogens is 277 g/mol. The molecule has 1 amide bonds. The van der Waals surface area contributed by atoms with Crippen LogP contribution in [0.25, 0.3) is 0 Å². The highest BCUT2D eigenvalue weighted by Crippen LogP contribution is 2.30. The van der Waals surface area contributed by atoms with Crippen LogP contribution in [-0.4, -0.2) is 17.0 Å². The number of terminal acetylenes is 1. The van der Waals surface area contributed by atoms with Crippen molar-refractivity contribution in [3.63, 3.8) is 0 Å². The van der Waals surface area contributed by atoms with E-state index < -0.39 is 11.9 Å². The van der Waals surface area contributed by atoms with Crippen LogP contribution in [0.1, 0.15) is 23.2 Å². The monoisotopic (exact) mass is 285 g/mol. The lowest BCUT2D eigenvalue weighted by molar-refractivity contribution is -0.116. The van der Waals surface area contributed by atoms with E-state index in [2.05, 4.69) is 11.2 Å². The van der Waals surface area contributed by atoms with Gasteiger partial charge in [-0.05, 0) is 12.1 Å². The molecule has 0 aliphatic carbocycles. The first-order valence-electron chi connectivity index (χ1n) is 4.91. The fourth-order valence-corrected chi connectivity index (χ4v) is 1.80. The lowest BCUT2D eigenvalue weighted by atomic mass is 10.1. The highest BCUT2D eigenvalue weighted by atomic mass is 35.5. The maximum absolute atomic E-state index is 11.5. The van der Waals surface area contributed by atoms with Crippen molar-refractivity contribution in [2.75, 3.05) is 5.32 Å². The molecule has 0 aliphatic rings. The number of carboxylic acid groups (broad SMARTS) is 1. The second kappa shape index (κ2) is 6.29. The third-order valence-corrected chi connectivity index (χ3v) is 2.56. The Hall–Kier alpha value is -1.70. The number of carbonyl (C=O) groups excluding carboxylic acids is 1. The van der Waals surface area contributed by atoms with Crippen LogP contribution < -0.4 is 5.32 Å². The molecule has 0 atom stereocenters. The topological polar surface area (TPSA) is 66.4 Å². The van der Waals surface area contributed by atoms with Gasteiger partial charge < -0.3 is 10.4 Å². The van der Waals surface area contributed by atoms with E-state index in [0.717, 1.165) is 0 Å². The molecule has 0 aliphatic heterocycles. The fraction of sp³-hybridized carbons (Fsp3) is 0.167. The van der Waals surface area contributed by atoms with E-state index in [9.17, 15) is 9.59 Å². The summed E-state index contributed by atoms with van der Waals surface area (Å²) in [5.41, 5.74) is -0.142. The zero-order valence-electron chi connectivity index (χ0n) is 9.17. The molecule has 0 heterocycles. The highest BCUT2D eigenvalue weighted by molar-refractivity contribution is 6.37. The molecule has 0 spiro atoms. The number of benzene rings is 1. The van der Waals surface area contributed by atoms with Crippen molar-refractivity contribution in [1.29, 1.82) is 0 Å². The van der Waals surface area contributed by atoms with E-state index >= 15 is 0 Å². The van der Waals surface area contributed by atoms with Gasteiger partial charge in [-0.3, -0.25) is 4.79 Å². The SMILES string of the molecule is C#CCCC(=O)Nc1c(Cl)cc(Cl)cc1C(=O)O. The average Bonchev–Trinajstić information content (AvgIpc) is 2.29. The van der Waals surface area contributed by atoms with Crippen molar-refractivity contribution in [3.8, 4) is 12.3 Å². The van der Waals surface area contributed by atoms with Crippen molar-refractivity contribution in [2.24, 2.45) is 0 Å². The second-order valence-electron chi connectivity index (χ2n) is 3.37. The van der Waals surface area contributed by atoms with Gasteiger partial charge in [-0.15, -0.1) is 12.3 Å². The van der Waals surface area contributed by atoms with Crippen LogP contribution in [0.15, 0.2) is 12.1 Å². The first kappa shape index (κ1) is 14.4. The van der Waals surface area contributed by atoms with E-state index in [1.165, 1.54) is 12.1 Å². The Balaban J connectivity index is 3.04. The molecular formula is C12H9Cl2NO3. The van der Waals surface area contributed by atoms with Crippen LogP contribution in [0.4, 0.5) is 5.69 Å². The molecule has 1 aromatic carbocycles. The molecule has 0 saturated heterocycles. The summed E-state index contributed by atoms with van der Waals surface area (Å²) in [6.07, 6.45) is 5.39. The van der Waals surface area contributed by atoms with Gasteiger partial charge in [-0.25, -0.2) is 4.79 Å². The number of amides is 1. The number of nitrogens with one attached hydrogen (secondary N) is 1. The molecule has 0 radical (unpaired) electrons. The summed E-state index contributed by atoms with van der Waals surface area (Å²) >= 11 is 11.6. The van der Waals surface area contributed by atoms with Crippen molar-refractivity contribution in [2.45, 2.75) is 12.8 Å². The van der Waals surface area contributed by atoms with Crippen LogP contribution in [0, 0.1) is 12.3 Å². The molecule has 6 heteroatoms. The average molecular weight is 286 g/mol. The van der Waals surface area contributed by atoms with Crippen LogP contribution >= 0.6 is 23.2 Å². The number of aromatic carboxylic acids is 1. The van der Waals surface area contributed by atoms with Gasteiger partial charge in [0.2, 0.25) is 5.91 Å². The largest absolute Gasteiger partial charge is 0.478 e. The molecule has 0 fully saturated rings. The lowest BCUT2D eigenvalue weighted by Gasteiger charge is -2.10.